The first-order valence-electron chi connectivity index (χ1n) is 5.88. The molecule has 1 saturated heterocycles. The van der Waals surface area contributed by atoms with Crippen LogP contribution >= 0.6 is 0 Å². The van der Waals surface area contributed by atoms with Gasteiger partial charge in [-0.3, -0.25) is 9.69 Å². The summed E-state index contributed by atoms with van der Waals surface area (Å²) in [7, 11) is 3.24. The summed E-state index contributed by atoms with van der Waals surface area (Å²) < 4.78 is 4.86. The normalized spacial score (nSPS) is 24.1. The highest BCUT2D eigenvalue weighted by molar-refractivity contribution is 5.80. The predicted octanol–water partition coefficient (Wildman–Crippen LogP) is 1.01. The maximum atomic E-state index is 11.8. The summed E-state index contributed by atoms with van der Waals surface area (Å²) in [5.74, 6) is -0.197. The van der Waals surface area contributed by atoms with E-state index in [4.69, 9.17) is 4.74 Å². The third-order valence-electron chi connectivity index (χ3n) is 3.77. The van der Waals surface area contributed by atoms with Crippen LogP contribution in [0.15, 0.2) is 0 Å². The number of nitrogens with zero attached hydrogens (tertiary/aromatic N) is 1. The fourth-order valence-corrected chi connectivity index (χ4v) is 2.31. The van der Waals surface area contributed by atoms with Crippen LogP contribution in [0, 0.1) is 0 Å². The van der Waals surface area contributed by atoms with Gasteiger partial charge in [-0.2, -0.15) is 0 Å². The van der Waals surface area contributed by atoms with Crippen molar-refractivity contribution in [2.45, 2.75) is 44.7 Å². The quantitative estimate of drug-likeness (QED) is 0.729. The maximum absolute atomic E-state index is 11.8. The molecule has 0 aliphatic carbocycles. The van der Waals surface area contributed by atoms with Crippen LogP contribution in [0.3, 0.4) is 0 Å². The Morgan fingerprint density at radius 1 is 1.56 bits per heavy atom. The lowest BCUT2D eigenvalue weighted by Crippen LogP contribution is -2.58. The van der Waals surface area contributed by atoms with Crippen LogP contribution in [-0.4, -0.2) is 49.2 Å². The lowest BCUT2D eigenvalue weighted by molar-refractivity contribution is -0.148. The van der Waals surface area contributed by atoms with Crippen molar-refractivity contribution < 1.29 is 9.53 Å². The second-order valence-electron chi connectivity index (χ2n) is 5.41. The number of nitrogens with one attached hydrogen (secondary N) is 1. The molecular formula is C12H24N2O2. The molecule has 1 unspecified atom stereocenters. The molecule has 0 saturated carbocycles. The molecule has 0 spiro atoms. The van der Waals surface area contributed by atoms with E-state index in [0.29, 0.717) is 6.54 Å². The van der Waals surface area contributed by atoms with Gasteiger partial charge in [0, 0.05) is 12.1 Å². The number of esters is 1. The van der Waals surface area contributed by atoms with Crippen molar-refractivity contribution in [3.8, 4) is 0 Å². The average molecular weight is 228 g/mol. The average Bonchev–Trinajstić information content (AvgIpc) is 2.56. The summed E-state index contributed by atoms with van der Waals surface area (Å²) in [6, 6.07) is 0. The Balaban J connectivity index is 2.73. The third kappa shape index (κ3) is 2.55. The Morgan fingerprint density at radius 2 is 2.19 bits per heavy atom. The zero-order chi connectivity index (χ0) is 12.4. The van der Waals surface area contributed by atoms with Crippen LogP contribution in [0.1, 0.15) is 33.6 Å². The largest absolute Gasteiger partial charge is 0.468 e. The van der Waals surface area contributed by atoms with E-state index in [1.165, 1.54) is 20.0 Å². The fourth-order valence-electron chi connectivity index (χ4n) is 2.31. The molecule has 0 bridgehead atoms. The smallest absolute Gasteiger partial charge is 0.327 e. The van der Waals surface area contributed by atoms with E-state index in [1.54, 1.807) is 7.05 Å². The molecule has 94 valence electrons. The second-order valence-corrected chi connectivity index (χ2v) is 5.41. The molecule has 1 atom stereocenters. The van der Waals surface area contributed by atoms with Crippen LogP contribution in [-0.2, 0) is 9.53 Å². The Hall–Kier alpha value is -0.610. The van der Waals surface area contributed by atoms with Gasteiger partial charge in [0.25, 0.3) is 0 Å². The van der Waals surface area contributed by atoms with Crippen LogP contribution in [0.5, 0.6) is 0 Å². The molecule has 0 radical (unpaired) electrons. The molecule has 0 aromatic rings. The van der Waals surface area contributed by atoms with Crippen molar-refractivity contribution in [1.82, 2.24) is 10.2 Å². The summed E-state index contributed by atoms with van der Waals surface area (Å²) >= 11 is 0. The van der Waals surface area contributed by atoms with E-state index in [1.807, 2.05) is 6.92 Å². The highest BCUT2D eigenvalue weighted by Gasteiger charge is 2.40. The molecule has 4 nitrogen and oxygen atoms in total. The lowest BCUT2D eigenvalue weighted by Gasteiger charge is -2.38. The van der Waals surface area contributed by atoms with Gasteiger partial charge >= 0.3 is 5.97 Å². The zero-order valence-corrected chi connectivity index (χ0v) is 11.1. The molecule has 1 heterocycles. The van der Waals surface area contributed by atoms with Gasteiger partial charge in [0.2, 0.25) is 0 Å². The Kier molecular flexibility index (Phi) is 3.97. The van der Waals surface area contributed by atoms with Crippen molar-refractivity contribution in [2.24, 2.45) is 0 Å². The standard InChI is InChI=1S/C12H24N2O2/c1-11(2)7-6-8-14(11)9-12(3,13-4)10(15)16-5/h13H,6-9H2,1-5H3. The second kappa shape index (κ2) is 4.72. The molecule has 0 aromatic carbocycles. The minimum atomic E-state index is -0.615. The molecule has 1 aliphatic heterocycles. The molecule has 1 N–H and O–H groups in total. The molecule has 0 aromatic heterocycles. The number of carbonyl (C=O) groups is 1. The minimum Gasteiger partial charge on any atom is -0.468 e. The molecule has 4 heteroatoms. The van der Waals surface area contributed by atoms with E-state index in [0.717, 1.165) is 6.54 Å². The van der Waals surface area contributed by atoms with Gasteiger partial charge in [-0.15, -0.1) is 0 Å². The number of methoxy groups -OCH3 is 1. The van der Waals surface area contributed by atoms with Crippen molar-refractivity contribution >= 4 is 5.97 Å². The van der Waals surface area contributed by atoms with Crippen LogP contribution < -0.4 is 5.32 Å². The van der Waals surface area contributed by atoms with E-state index in [9.17, 15) is 4.79 Å². The van der Waals surface area contributed by atoms with Crippen LogP contribution in [0.4, 0.5) is 0 Å². The van der Waals surface area contributed by atoms with Gasteiger partial charge in [-0.25, -0.2) is 0 Å². The SMILES string of the molecule is CNC(C)(CN1CCCC1(C)C)C(=O)OC. The number of likely N-dealkylation sites (tertiary alicyclic amines) is 1. The number of likely N-dealkylation sites (N-methyl/N-ethyl adjacent to an activating group) is 1. The highest BCUT2D eigenvalue weighted by atomic mass is 16.5. The Morgan fingerprint density at radius 3 is 2.56 bits per heavy atom. The first-order valence-corrected chi connectivity index (χ1v) is 5.88. The van der Waals surface area contributed by atoms with Crippen LogP contribution in [0.2, 0.25) is 0 Å². The predicted molar refractivity (Wildman–Crippen MR) is 64.4 cm³/mol. The van der Waals surface area contributed by atoms with Gasteiger partial charge in [-0.05, 0) is 47.2 Å². The van der Waals surface area contributed by atoms with Crippen molar-refractivity contribution in [3.05, 3.63) is 0 Å². The first-order chi connectivity index (χ1) is 7.35. The highest BCUT2D eigenvalue weighted by Crippen LogP contribution is 2.29. The van der Waals surface area contributed by atoms with E-state index in [2.05, 4.69) is 24.1 Å². The van der Waals surface area contributed by atoms with Crippen molar-refractivity contribution in [1.29, 1.82) is 0 Å². The lowest BCUT2D eigenvalue weighted by atomic mass is 9.97. The summed E-state index contributed by atoms with van der Waals surface area (Å²) in [4.78, 5) is 14.1. The van der Waals surface area contributed by atoms with Gasteiger partial charge < -0.3 is 10.1 Å². The Bertz CT molecular complexity index is 266. The topological polar surface area (TPSA) is 41.6 Å². The third-order valence-corrected chi connectivity index (χ3v) is 3.77. The monoisotopic (exact) mass is 228 g/mol. The summed E-state index contributed by atoms with van der Waals surface area (Å²) in [6.07, 6.45) is 2.39. The molecule has 1 fully saturated rings. The van der Waals surface area contributed by atoms with Crippen LogP contribution in [0.25, 0.3) is 0 Å². The molecule has 16 heavy (non-hydrogen) atoms. The van der Waals surface area contributed by atoms with Gasteiger partial charge in [0.1, 0.15) is 5.54 Å². The number of rotatable bonds is 4. The van der Waals surface area contributed by atoms with Gasteiger partial charge in [0.05, 0.1) is 7.11 Å². The van der Waals surface area contributed by atoms with Crippen molar-refractivity contribution in [2.75, 3.05) is 27.2 Å². The van der Waals surface area contributed by atoms with E-state index >= 15 is 0 Å². The molecule has 1 aliphatic rings. The molecule has 0 amide bonds. The van der Waals surface area contributed by atoms with E-state index < -0.39 is 5.54 Å². The first kappa shape index (κ1) is 13.5. The van der Waals surface area contributed by atoms with Gasteiger partial charge in [-0.1, -0.05) is 0 Å². The zero-order valence-electron chi connectivity index (χ0n) is 11.1. The number of carbonyl (C=O) groups excluding carboxylic acids is 1. The molecular weight excluding hydrogens is 204 g/mol. The number of hydrogen-bond acceptors (Lipinski definition) is 4. The Labute approximate surface area is 98.3 Å². The van der Waals surface area contributed by atoms with E-state index in [-0.39, 0.29) is 11.5 Å². The van der Waals surface area contributed by atoms with Gasteiger partial charge in [0.15, 0.2) is 0 Å². The maximum Gasteiger partial charge on any atom is 0.327 e. The summed E-state index contributed by atoms with van der Waals surface area (Å²) in [6.45, 7) is 8.11. The summed E-state index contributed by atoms with van der Waals surface area (Å²) in [5.41, 5.74) is -0.428. The molecule has 1 rings (SSSR count). The minimum absolute atomic E-state index is 0.187. The van der Waals surface area contributed by atoms with Crippen molar-refractivity contribution in [3.63, 3.8) is 0 Å². The fraction of sp³-hybridized carbons (Fsp3) is 0.917. The number of ether oxygens (including phenoxy) is 1. The summed E-state index contributed by atoms with van der Waals surface area (Å²) in [5, 5.41) is 3.08. The number of hydrogen-bond donors (Lipinski definition) is 1.